The molecule has 0 fully saturated rings. The van der Waals surface area contributed by atoms with E-state index in [2.05, 4.69) is 20.5 Å². The molecular formula is C28H45ClN4O6. The number of aromatic nitrogens is 1. The summed E-state index contributed by atoms with van der Waals surface area (Å²) in [6.45, 7) is 11.9. The van der Waals surface area contributed by atoms with E-state index < -0.39 is 35.4 Å². The molecule has 2 aromatic rings. The fraction of sp³-hybridized carbons (Fsp3) is 0.607. The number of carbonyl (C=O) groups excluding carboxylic acids is 3. The summed E-state index contributed by atoms with van der Waals surface area (Å²) in [5.41, 5.74) is 0.620. The summed E-state index contributed by atoms with van der Waals surface area (Å²) in [5, 5.41) is 6.21. The first-order valence-corrected chi connectivity index (χ1v) is 13.1. The van der Waals surface area contributed by atoms with Crippen molar-refractivity contribution in [3.05, 3.63) is 30.0 Å². The van der Waals surface area contributed by atoms with Crippen LogP contribution in [-0.4, -0.2) is 72.5 Å². The number of hydrogen-bond donors (Lipinski definition) is 3. The minimum absolute atomic E-state index is 0. The van der Waals surface area contributed by atoms with Gasteiger partial charge < -0.3 is 34.7 Å². The van der Waals surface area contributed by atoms with E-state index in [4.69, 9.17) is 14.2 Å². The van der Waals surface area contributed by atoms with Crippen molar-refractivity contribution in [3.8, 4) is 5.75 Å². The topological polar surface area (TPSA) is 122 Å². The number of rotatable bonds is 11. The molecule has 2 amide bonds. The number of likely N-dealkylation sites (N-methyl/N-ethyl adjacent to an activating group) is 1. The highest BCUT2D eigenvalue weighted by atomic mass is 35.5. The number of nitrogens with one attached hydrogen (secondary N) is 3. The summed E-state index contributed by atoms with van der Waals surface area (Å²) >= 11 is 0. The maximum absolute atomic E-state index is 13.3. The summed E-state index contributed by atoms with van der Waals surface area (Å²) < 4.78 is 16.4. The Kier molecular flexibility index (Phi) is 13.1. The van der Waals surface area contributed by atoms with Crippen LogP contribution in [0.15, 0.2) is 24.4 Å². The van der Waals surface area contributed by atoms with Gasteiger partial charge in [0.2, 0.25) is 0 Å². The normalized spacial score (nSPS) is 12.4. The lowest BCUT2D eigenvalue weighted by molar-refractivity contribution is -0.136. The van der Waals surface area contributed by atoms with Crippen LogP contribution in [-0.2, 0) is 20.7 Å². The lowest BCUT2D eigenvalue weighted by Crippen LogP contribution is -2.45. The van der Waals surface area contributed by atoms with Crippen molar-refractivity contribution in [1.29, 1.82) is 0 Å². The molecule has 0 saturated carbocycles. The fourth-order valence-electron chi connectivity index (χ4n) is 3.70. The maximum Gasteiger partial charge on any atom is 0.408 e. The van der Waals surface area contributed by atoms with Crippen molar-refractivity contribution in [3.63, 3.8) is 0 Å². The van der Waals surface area contributed by atoms with Crippen molar-refractivity contribution >= 4 is 41.5 Å². The van der Waals surface area contributed by atoms with Gasteiger partial charge in [-0.2, -0.15) is 0 Å². The minimum atomic E-state index is -0.925. The minimum Gasteiger partial charge on any atom is -0.444 e. The zero-order valence-electron chi connectivity index (χ0n) is 24.4. The molecule has 0 bridgehead atoms. The molecule has 0 saturated heterocycles. The number of ether oxygens (including phenoxy) is 3. The molecule has 1 heterocycles. The first kappa shape index (κ1) is 34.0. The van der Waals surface area contributed by atoms with Gasteiger partial charge in [-0.15, -0.1) is 12.4 Å². The Hall–Kier alpha value is -2.98. The molecule has 3 N–H and O–H groups in total. The van der Waals surface area contributed by atoms with Crippen LogP contribution < -0.4 is 15.4 Å². The molecule has 0 spiro atoms. The standard InChI is InChI=1S/C28H44N4O6.ClH/c1-27(2,3)37-25(34)29-16-10-9-12-21(31-26(35)38-28(4,5)6)24(33)36-22-14-11-13-20-23(22)19(18-30-20)15-17-32(7)8;/h11,13-14,18,21,30H,9-10,12,15-17H2,1-8H3,(H,29,34)(H,31,35);1H/t21-;/m0./s1. The van der Waals surface area contributed by atoms with Gasteiger partial charge in [-0.3, -0.25) is 0 Å². The molecular weight excluding hydrogens is 524 g/mol. The first-order chi connectivity index (χ1) is 17.6. The Morgan fingerprint density at radius 1 is 0.974 bits per heavy atom. The Balaban J connectivity index is 0.00000760. The quantitative estimate of drug-likeness (QED) is 0.194. The second kappa shape index (κ2) is 15.0. The number of unbranched alkanes of at least 4 members (excludes halogenated alkanes) is 1. The van der Waals surface area contributed by atoms with E-state index in [1.165, 1.54) is 0 Å². The third-order valence-corrected chi connectivity index (χ3v) is 5.35. The van der Waals surface area contributed by atoms with Gasteiger partial charge in [-0.1, -0.05) is 6.07 Å². The maximum atomic E-state index is 13.3. The third-order valence-electron chi connectivity index (χ3n) is 5.35. The number of esters is 1. The van der Waals surface area contributed by atoms with E-state index in [9.17, 15) is 14.4 Å². The number of halogens is 1. The molecule has 2 rings (SSSR count). The van der Waals surface area contributed by atoms with Gasteiger partial charge in [0.25, 0.3) is 0 Å². The van der Waals surface area contributed by atoms with Crippen LogP contribution in [0.5, 0.6) is 5.75 Å². The van der Waals surface area contributed by atoms with E-state index in [0.29, 0.717) is 31.6 Å². The summed E-state index contributed by atoms with van der Waals surface area (Å²) in [5.74, 6) is -0.145. The average molecular weight is 569 g/mol. The number of nitrogens with zero attached hydrogens (tertiary/aromatic N) is 1. The highest BCUT2D eigenvalue weighted by molar-refractivity contribution is 5.92. The molecule has 0 aliphatic rings. The monoisotopic (exact) mass is 568 g/mol. The van der Waals surface area contributed by atoms with Crippen LogP contribution in [0.4, 0.5) is 9.59 Å². The first-order valence-electron chi connectivity index (χ1n) is 13.1. The largest absolute Gasteiger partial charge is 0.444 e. The van der Waals surface area contributed by atoms with E-state index in [-0.39, 0.29) is 12.4 Å². The highest BCUT2D eigenvalue weighted by Crippen LogP contribution is 2.30. The van der Waals surface area contributed by atoms with Crippen LogP contribution in [0.2, 0.25) is 0 Å². The Morgan fingerprint density at radius 3 is 2.23 bits per heavy atom. The Labute approximate surface area is 237 Å². The third kappa shape index (κ3) is 12.6. The van der Waals surface area contributed by atoms with E-state index in [1.54, 1.807) is 47.6 Å². The molecule has 0 unspecified atom stereocenters. The molecule has 39 heavy (non-hydrogen) atoms. The van der Waals surface area contributed by atoms with Gasteiger partial charge in [0, 0.05) is 30.2 Å². The lowest BCUT2D eigenvalue weighted by Gasteiger charge is -2.23. The van der Waals surface area contributed by atoms with Crippen LogP contribution in [0.25, 0.3) is 10.9 Å². The van der Waals surface area contributed by atoms with Gasteiger partial charge in [0.15, 0.2) is 0 Å². The number of alkyl carbamates (subject to hydrolysis) is 2. The summed E-state index contributed by atoms with van der Waals surface area (Å²) in [7, 11) is 4.01. The molecule has 0 aliphatic carbocycles. The van der Waals surface area contributed by atoms with Crippen LogP contribution in [0.1, 0.15) is 66.4 Å². The molecule has 1 atom stereocenters. The van der Waals surface area contributed by atoms with Crippen LogP contribution >= 0.6 is 12.4 Å². The molecule has 1 aromatic heterocycles. The van der Waals surface area contributed by atoms with Crippen molar-refractivity contribution in [2.75, 3.05) is 27.2 Å². The van der Waals surface area contributed by atoms with Gasteiger partial charge in [0.1, 0.15) is 23.0 Å². The van der Waals surface area contributed by atoms with Gasteiger partial charge in [-0.25, -0.2) is 14.4 Å². The van der Waals surface area contributed by atoms with Crippen molar-refractivity contribution in [1.82, 2.24) is 20.5 Å². The zero-order valence-corrected chi connectivity index (χ0v) is 25.3. The molecule has 220 valence electrons. The smallest absolute Gasteiger partial charge is 0.408 e. The highest BCUT2D eigenvalue weighted by Gasteiger charge is 2.27. The summed E-state index contributed by atoms with van der Waals surface area (Å²) in [6, 6.07) is 4.57. The Morgan fingerprint density at radius 2 is 1.62 bits per heavy atom. The average Bonchev–Trinajstić information content (AvgIpc) is 3.18. The zero-order chi connectivity index (χ0) is 28.5. The number of aromatic amines is 1. The molecule has 0 aliphatic heterocycles. The van der Waals surface area contributed by atoms with Crippen molar-refractivity contribution < 1.29 is 28.6 Å². The Bertz CT molecular complexity index is 1090. The summed E-state index contributed by atoms with van der Waals surface area (Å²) in [6.07, 6.45) is 2.97. The van der Waals surface area contributed by atoms with E-state index in [0.717, 1.165) is 29.4 Å². The van der Waals surface area contributed by atoms with Gasteiger partial charge in [-0.05, 0) is 99.0 Å². The van der Waals surface area contributed by atoms with Gasteiger partial charge >= 0.3 is 18.2 Å². The number of benzene rings is 1. The van der Waals surface area contributed by atoms with Crippen molar-refractivity contribution in [2.24, 2.45) is 0 Å². The van der Waals surface area contributed by atoms with Crippen LogP contribution in [0, 0.1) is 0 Å². The number of carbonyl (C=O) groups is 3. The fourth-order valence-corrected chi connectivity index (χ4v) is 3.70. The van der Waals surface area contributed by atoms with Crippen LogP contribution in [0.3, 0.4) is 0 Å². The van der Waals surface area contributed by atoms with Gasteiger partial charge in [0.05, 0.1) is 0 Å². The van der Waals surface area contributed by atoms with E-state index >= 15 is 0 Å². The number of hydrogen-bond acceptors (Lipinski definition) is 7. The lowest BCUT2D eigenvalue weighted by atomic mass is 10.1. The summed E-state index contributed by atoms with van der Waals surface area (Å²) in [4.78, 5) is 43.0. The van der Waals surface area contributed by atoms with Crippen molar-refractivity contribution in [2.45, 2.75) is 84.5 Å². The predicted molar refractivity (Wildman–Crippen MR) is 155 cm³/mol. The molecule has 10 nitrogen and oxygen atoms in total. The molecule has 0 radical (unpaired) electrons. The number of H-pyrrole nitrogens is 1. The number of amides is 2. The predicted octanol–water partition coefficient (Wildman–Crippen LogP) is 5.19. The molecule has 1 aromatic carbocycles. The SMILES string of the molecule is CN(C)CCc1c[nH]c2cccc(OC(=O)[C@H](CCCCNC(=O)OC(C)(C)C)NC(=O)OC(C)(C)C)c12.Cl. The molecule has 11 heteroatoms. The number of fused-ring (bicyclic) bond motifs is 1. The second-order valence-electron chi connectivity index (χ2n) is 11.6. The second-order valence-corrected chi connectivity index (χ2v) is 11.6. The van der Waals surface area contributed by atoms with E-state index in [1.807, 2.05) is 32.4 Å².